The van der Waals surface area contributed by atoms with E-state index in [0.717, 1.165) is 35.4 Å². The van der Waals surface area contributed by atoms with Crippen molar-refractivity contribution in [2.24, 2.45) is 0 Å². The van der Waals surface area contributed by atoms with Gasteiger partial charge in [-0.05, 0) is 48.9 Å². The Bertz CT molecular complexity index is 1060. The molecule has 1 aliphatic heterocycles. The molecule has 2 heterocycles. The van der Waals surface area contributed by atoms with Crippen molar-refractivity contribution in [2.75, 3.05) is 30.4 Å². The maximum atomic E-state index is 12.7. The van der Waals surface area contributed by atoms with Gasteiger partial charge in [-0.25, -0.2) is 0 Å². The Morgan fingerprint density at radius 3 is 2.52 bits per heavy atom. The highest BCUT2D eigenvalue weighted by atomic mass is 32.1. The summed E-state index contributed by atoms with van der Waals surface area (Å²) in [5.41, 5.74) is 4.17. The van der Waals surface area contributed by atoms with Crippen LogP contribution in [0.3, 0.4) is 0 Å². The number of anilines is 2. The molecular formula is C22H22F3N3O4S. The van der Waals surface area contributed by atoms with E-state index in [1.54, 1.807) is 23.8 Å². The van der Waals surface area contributed by atoms with Crippen LogP contribution >= 0.6 is 11.3 Å². The van der Waals surface area contributed by atoms with Crippen molar-refractivity contribution in [3.05, 3.63) is 59.7 Å². The Balaban J connectivity index is 0.00000149. The maximum absolute atomic E-state index is 12.7. The molecule has 1 unspecified atom stereocenters. The zero-order valence-corrected chi connectivity index (χ0v) is 18.4. The van der Waals surface area contributed by atoms with Crippen LogP contribution in [0, 0.1) is 0 Å². The van der Waals surface area contributed by atoms with Gasteiger partial charge < -0.3 is 25.2 Å². The van der Waals surface area contributed by atoms with Gasteiger partial charge in [-0.1, -0.05) is 0 Å². The predicted molar refractivity (Wildman–Crippen MR) is 120 cm³/mol. The average molecular weight is 481 g/mol. The monoisotopic (exact) mass is 481 g/mol. The third-order valence-electron chi connectivity index (χ3n) is 4.81. The van der Waals surface area contributed by atoms with Crippen LogP contribution in [-0.4, -0.2) is 53.8 Å². The third kappa shape index (κ3) is 6.44. The summed E-state index contributed by atoms with van der Waals surface area (Å²) < 4.78 is 40.7. The first kappa shape index (κ1) is 24.5. The maximum Gasteiger partial charge on any atom is 0.573 e. The summed E-state index contributed by atoms with van der Waals surface area (Å²) in [6.07, 6.45) is -2.76. The number of aliphatic hydroxyl groups is 2. The second-order valence-corrected chi connectivity index (χ2v) is 7.90. The van der Waals surface area contributed by atoms with Gasteiger partial charge in [-0.15, -0.1) is 24.5 Å². The molecule has 4 rings (SSSR count). The van der Waals surface area contributed by atoms with E-state index < -0.39 is 12.3 Å². The molecule has 11 heteroatoms. The standard InChI is InChI=1S/C21H18F3N3O3S.CH4O/c22-21(23,24)30-16-4-2-14(3-5-16)26-20(29)13-1-6-18(27-8-7-15(28)11-27)17(9-13)19-10-25-12-31-19;1-2/h1-6,9-10,12,15,28H,7-8,11H2,(H,26,29);2H,1H3. The van der Waals surface area contributed by atoms with Crippen LogP contribution in [0.25, 0.3) is 10.4 Å². The average Bonchev–Trinajstić information content (AvgIpc) is 3.47. The Morgan fingerprint density at radius 1 is 1.21 bits per heavy atom. The van der Waals surface area contributed by atoms with Gasteiger partial charge in [0, 0.05) is 48.9 Å². The normalized spacial score (nSPS) is 15.6. The molecule has 2 aromatic carbocycles. The van der Waals surface area contributed by atoms with Crippen molar-refractivity contribution in [3.8, 4) is 16.2 Å². The number of thiazole rings is 1. The number of nitrogens with zero attached hydrogens (tertiary/aromatic N) is 2. The van der Waals surface area contributed by atoms with Crippen LogP contribution in [0.1, 0.15) is 16.8 Å². The molecule has 1 fully saturated rings. The minimum atomic E-state index is -4.77. The number of hydrogen-bond acceptors (Lipinski definition) is 7. The number of amides is 1. The van der Waals surface area contributed by atoms with Gasteiger partial charge >= 0.3 is 6.36 Å². The van der Waals surface area contributed by atoms with E-state index in [4.69, 9.17) is 5.11 Å². The zero-order valence-electron chi connectivity index (χ0n) is 17.5. The fraction of sp³-hybridized carbons (Fsp3) is 0.273. The molecule has 0 saturated carbocycles. The molecule has 0 spiro atoms. The molecule has 1 amide bonds. The number of hydrogen-bond donors (Lipinski definition) is 3. The summed E-state index contributed by atoms with van der Waals surface area (Å²) in [5.74, 6) is -0.765. The van der Waals surface area contributed by atoms with Gasteiger partial charge in [0.25, 0.3) is 5.91 Å². The van der Waals surface area contributed by atoms with E-state index in [2.05, 4.69) is 19.9 Å². The van der Waals surface area contributed by atoms with Crippen LogP contribution < -0.4 is 15.0 Å². The SMILES string of the molecule is CO.O=C(Nc1ccc(OC(F)(F)F)cc1)c1ccc(N2CCC(O)C2)c(-c2cncs2)c1. The smallest absolute Gasteiger partial charge is 0.406 e. The molecule has 33 heavy (non-hydrogen) atoms. The number of halogens is 3. The van der Waals surface area contributed by atoms with Crippen LogP contribution in [-0.2, 0) is 0 Å². The van der Waals surface area contributed by atoms with E-state index in [9.17, 15) is 23.1 Å². The molecule has 176 valence electrons. The predicted octanol–water partition coefficient (Wildman–Crippen LogP) is 4.14. The van der Waals surface area contributed by atoms with Crippen LogP contribution in [0.15, 0.2) is 54.2 Å². The molecule has 0 aliphatic carbocycles. The second-order valence-electron chi connectivity index (χ2n) is 7.01. The second kappa shape index (κ2) is 10.6. The quantitative estimate of drug-likeness (QED) is 0.507. The van der Waals surface area contributed by atoms with Crippen molar-refractivity contribution in [1.29, 1.82) is 0 Å². The van der Waals surface area contributed by atoms with Crippen LogP contribution in [0.4, 0.5) is 24.5 Å². The third-order valence-corrected chi connectivity index (χ3v) is 5.61. The van der Waals surface area contributed by atoms with Gasteiger partial charge in [0.2, 0.25) is 0 Å². The lowest BCUT2D eigenvalue weighted by Crippen LogP contribution is -2.22. The summed E-state index contributed by atoms with van der Waals surface area (Å²) in [6.45, 7) is 1.23. The van der Waals surface area contributed by atoms with Crippen molar-refractivity contribution >= 4 is 28.6 Å². The van der Waals surface area contributed by atoms with E-state index in [1.807, 2.05) is 6.07 Å². The lowest BCUT2D eigenvalue weighted by atomic mass is 10.1. The summed E-state index contributed by atoms with van der Waals surface area (Å²) >= 11 is 1.44. The van der Waals surface area contributed by atoms with Gasteiger partial charge in [0.1, 0.15) is 5.75 Å². The molecule has 3 N–H and O–H groups in total. The molecule has 3 aromatic rings. The van der Waals surface area contributed by atoms with Gasteiger partial charge in [0.05, 0.1) is 16.5 Å². The number of carbonyl (C=O) groups is 1. The first-order chi connectivity index (χ1) is 15.8. The number of nitrogens with one attached hydrogen (secondary N) is 1. The number of ether oxygens (including phenoxy) is 1. The highest BCUT2D eigenvalue weighted by Crippen LogP contribution is 2.36. The van der Waals surface area contributed by atoms with Crippen molar-refractivity contribution < 1.29 is 32.9 Å². The van der Waals surface area contributed by atoms with E-state index >= 15 is 0 Å². The van der Waals surface area contributed by atoms with Crippen molar-refractivity contribution in [2.45, 2.75) is 18.9 Å². The lowest BCUT2D eigenvalue weighted by Gasteiger charge is -2.21. The molecule has 1 atom stereocenters. The minimum Gasteiger partial charge on any atom is -0.406 e. The minimum absolute atomic E-state index is 0.339. The fourth-order valence-corrected chi connectivity index (χ4v) is 4.05. The molecule has 7 nitrogen and oxygen atoms in total. The molecule has 0 radical (unpaired) electrons. The lowest BCUT2D eigenvalue weighted by molar-refractivity contribution is -0.274. The molecule has 0 bridgehead atoms. The van der Waals surface area contributed by atoms with Crippen LogP contribution in [0.5, 0.6) is 5.75 Å². The van der Waals surface area contributed by atoms with Crippen molar-refractivity contribution in [1.82, 2.24) is 4.98 Å². The Kier molecular flexibility index (Phi) is 7.90. The highest BCUT2D eigenvalue weighted by Gasteiger charge is 2.31. The zero-order chi connectivity index (χ0) is 24.0. The summed E-state index contributed by atoms with van der Waals surface area (Å²) in [6, 6.07) is 10.2. The highest BCUT2D eigenvalue weighted by molar-refractivity contribution is 7.13. The number of aromatic nitrogens is 1. The summed E-state index contributed by atoms with van der Waals surface area (Å²) in [7, 11) is 1.00. The van der Waals surface area contributed by atoms with E-state index in [0.29, 0.717) is 30.8 Å². The number of aliphatic hydroxyl groups excluding tert-OH is 2. The molecule has 1 aromatic heterocycles. The molecule has 1 aliphatic rings. The number of benzene rings is 2. The summed E-state index contributed by atoms with van der Waals surface area (Å²) in [5, 5.41) is 19.6. The van der Waals surface area contributed by atoms with E-state index in [1.165, 1.54) is 23.5 Å². The van der Waals surface area contributed by atoms with Crippen molar-refractivity contribution in [3.63, 3.8) is 0 Å². The Morgan fingerprint density at radius 2 is 1.94 bits per heavy atom. The van der Waals surface area contributed by atoms with Gasteiger partial charge in [-0.2, -0.15) is 0 Å². The number of rotatable bonds is 5. The van der Waals surface area contributed by atoms with E-state index in [-0.39, 0.29) is 11.9 Å². The Labute approximate surface area is 192 Å². The summed E-state index contributed by atoms with van der Waals surface area (Å²) in [4.78, 5) is 19.8. The van der Waals surface area contributed by atoms with Gasteiger partial charge in [-0.3, -0.25) is 9.78 Å². The first-order valence-electron chi connectivity index (χ1n) is 9.86. The number of carbonyl (C=O) groups excluding carboxylic acids is 1. The topological polar surface area (TPSA) is 94.9 Å². The van der Waals surface area contributed by atoms with Crippen LogP contribution in [0.2, 0.25) is 0 Å². The molecule has 1 saturated heterocycles. The molecular weight excluding hydrogens is 459 g/mol. The first-order valence-corrected chi connectivity index (χ1v) is 10.7. The number of alkyl halides is 3. The van der Waals surface area contributed by atoms with Gasteiger partial charge in [0.15, 0.2) is 0 Å². The number of β-amino-alcohol motifs (C(OH)–C–C–N with tert-alkyl or cyclic N) is 1. The Hall–Kier alpha value is -3.15. The fourth-order valence-electron chi connectivity index (χ4n) is 3.40. The largest absolute Gasteiger partial charge is 0.573 e.